The summed E-state index contributed by atoms with van der Waals surface area (Å²) in [7, 11) is -3.88. The van der Waals surface area contributed by atoms with Crippen LogP contribution in [0, 0.1) is 12.7 Å². The van der Waals surface area contributed by atoms with E-state index in [0.29, 0.717) is 19.5 Å². The van der Waals surface area contributed by atoms with Crippen LogP contribution in [0.3, 0.4) is 0 Å². The van der Waals surface area contributed by atoms with Gasteiger partial charge in [-0.1, -0.05) is 23.8 Å². The zero-order valence-electron chi connectivity index (χ0n) is 18.1. The van der Waals surface area contributed by atoms with Crippen molar-refractivity contribution in [3.8, 4) is 0 Å². The van der Waals surface area contributed by atoms with Gasteiger partial charge in [-0.15, -0.1) is 0 Å². The van der Waals surface area contributed by atoms with E-state index in [2.05, 4.69) is 10.0 Å². The van der Waals surface area contributed by atoms with E-state index in [-0.39, 0.29) is 22.3 Å². The van der Waals surface area contributed by atoms with Gasteiger partial charge < -0.3 is 15.0 Å². The molecule has 0 radical (unpaired) electrons. The molecule has 1 aliphatic rings. The van der Waals surface area contributed by atoms with Crippen LogP contribution in [0.25, 0.3) is 0 Å². The molecule has 1 unspecified atom stereocenters. The van der Waals surface area contributed by atoms with Gasteiger partial charge in [-0.25, -0.2) is 17.6 Å². The molecule has 0 saturated carbocycles. The van der Waals surface area contributed by atoms with Crippen molar-refractivity contribution in [3.05, 3.63) is 53.8 Å². The number of hydrogen-bond donors (Lipinski definition) is 2. The first-order valence-corrected chi connectivity index (χ1v) is 11.6. The number of para-hydroxylation sites is 1. The summed E-state index contributed by atoms with van der Waals surface area (Å²) in [6.07, 6.45) is 0.0470. The number of hydrogen-bond acceptors (Lipinski definition) is 5. The van der Waals surface area contributed by atoms with E-state index in [1.807, 2.05) is 6.92 Å². The van der Waals surface area contributed by atoms with Crippen molar-refractivity contribution in [2.45, 2.75) is 50.7 Å². The molecule has 0 aromatic heterocycles. The van der Waals surface area contributed by atoms with Gasteiger partial charge in [0.2, 0.25) is 0 Å². The fourth-order valence-electron chi connectivity index (χ4n) is 3.40. The Bertz CT molecular complexity index is 1050. The number of rotatable bonds is 5. The molecule has 1 amide bonds. The summed E-state index contributed by atoms with van der Waals surface area (Å²) in [5.41, 5.74) is 0.631. The van der Waals surface area contributed by atoms with Gasteiger partial charge in [-0.3, -0.25) is 4.72 Å². The molecule has 0 bridgehead atoms. The van der Waals surface area contributed by atoms with Gasteiger partial charge in [-0.05, 0) is 58.4 Å². The van der Waals surface area contributed by atoms with Crippen molar-refractivity contribution in [1.29, 1.82) is 0 Å². The summed E-state index contributed by atoms with van der Waals surface area (Å²) in [5, 5.41) is 2.79. The summed E-state index contributed by atoms with van der Waals surface area (Å²) in [5.74, 6) is -0.540. The van der Waals surface area contributed by atoms with Crippen LogP contribution in [0.1, 0.15) is 32.8 Å². The van der Waals surface area contributed by atoms with Crippen molar-refractivity contribution in [2.24, 2.45) is 0 Å². The van der Waals surface area contributed by atoms with Crippen LogP contribution in [0.4, 0.5) is 20.6 Å². The van der Waals surface area contributed by atoms with E-state index in [1.54, 1.807) is 37.8 Å². The smallest absolute Gasteiger partial charge is 0.407 e. The summed E-state index contributed by atoms with van der Waals surface area (Å²) in [4.78, 5) is 13.9. The number of benzene rings is 2. The van der Waals surface area contributed by atoms with E-state index >= 15 is 0 Å². The lowest BCUT2D eigenvalue weighted by molar-refractivity contribution is 0.0509. The Balaban J connectivity index is 1.77. The molecule has 1 aliphatic heterocycles. The third kappa shape index (κ3) is 5.88. The molecule has 31 heavy (non-hydrogen) atoms. The number of alkyl carbamates (subject to hydrolysis) is 1. The van der Waals surface area contributed by atoms with E-state index in [1.165, 1.54) is 30.3 Å². The molecule has 2 N–H and O–H groups in total. The van der Waals surface area contributed by atoms with Crippen LogP contribution >= 0.6 is 0 Å². The molecule has 9 heteroatoms. The largest absolute Gasteiger partial charge is 0.444 e. The van der Waals surface area contributed by atoms with Gasteiger partial charge in [0, 0.05) is 13.1 Å². The van der Waals surface area contributed by atoms with Crippen LogP contribution in [-0.2, 0) is 14.8 Å². The Morgan fingerprint density at radius 3 is 2.48 bits per heavy atom. The standard InChI is InChI=1S/C22H28FN3O4S/c1-15-8-10-17(11-9-15)31(28,29)25-19-7-5-6-18(23)20(19)26-13-12-16(14-26)24-21(27)30-22(2,3)4/h5-11,16,25H,12-14H2,1-4H3,(H,24,27). The number of halogens is 1. The highest BCUT2D eigenvalue weighted by atomic mass is 32.2. The molecule has 2 aromatic rings. The van der Waals surface area contributed by atoms with Crippen LogP contribution in [-0.4, -0.2) is 39.2 Å². The number of aryl methyl sites for hydroxylation is 1. The summed E-state index contributed by atoms with van der Waals surface area (Å²) < 4.78 is 48.2. The highest BCUT2D eigenvalue weighted by Gasteiger charge is 2.30. The molecule has 0 aliphatic carbocycles. The lowest BCUT2D eigenvalue weighted by atomic mass is 10.2. The minimum absolute atomic E-state index is 0.0965. The Kier molecular flexibility index (Phi) is 6.45. The monoisotopic (exact) mass is 449 g/mol. The Hall–Kier alpha value is -2.81. The highest BCUT2D eigenvalue weighted by Crippen LogP contribution is 2.33. The fourth-order valence-corrected chi connectivity index (χ4v) is 4.46. The molecule has 168 valence electrons. The lowest BCUT2D eigenvalue weighted by Gasteiger charge is -2.24. The van der Waals surface area contributed by atoms with Crippen molar-refractivity contribution >= 4 is 27.5 Å². The average Bonchev–Trinajstić information content (AvgIpc) is 3.08. The molecule has 7 nitrogen and oxygen atoms in total. The summed E-state index contributed by atoms with van der Waals surface area (Å²) in [6, 6.07) is 10.4. The third-order valence-corrected chi connectivity index (χ3v) is 6.17. The molecular weight excluding hydrogens is 421 g/mol. The molecule has 0 spiro atoms. The predicted molar refractivity (Wildman–Crippen MR) is 118 cm³/mol. The zero-order valence-corrected chi connectivity index (χ0v) is 18.9. The first kappa shape index (κ1) is 22.9. The third-order valence-electron chi connectivity index (χ3n) is 4.79. The first-order chi connectivity index (χ1) is 14.4. The molecule has 1 saturated heterocycles. The molecule has 1 atom stereocenters. The zero-order chi connectivity index (χ0) is 22.8. The van der Waals surface area contributed by atoms with Crippen LogP contribution in [0.15, 0.2) is 47.4 Å². The number of carbonyl (C=O) groups is 1. The van der Waals surface area contributed by atoms with Crippen LogP contribution in [0.5, 0.6) is 0 Å². The first-order valence-electron chi connectivity index (χ1n) is 10.1. The number of carbonyl (C=O) groups excluding carboxylic acids is 1. The van der Waals surface area contributed by atoms with Crippen molar-refractivity contribution in [1.82, 2.24) is 5.32 Å². The number of ether oxygens (including phenoxy) is 1. The summed E-state index contributed by atoms with van der Waals surface area (Å²) >= 11 is 0. The van der Waals surface area contributed by atoms with E-state index in [0.717, 1.165) is 5.56 Å². The maximum absolute atomic E-state index is 14.8. The maximum atomic E-state index is 14.8. The van der Waals surface area contributed by atoms with E-state index in [4.69, 9.17) is 4.74 Å². The average molecular weight is 450 g/mol. The van der Waals surface area contributed by atoms with Gasteiger partial charge in [0.05, 0.1) is 22.3 Å². The SMILES string of the molecule is Cc1ccc(S(=O)(=O)Nc2cccc(F)c2N2CCC(NC(=O)OC(C)(C)C)C2)cc1. The second kappa shape index (κ2) is 8.74. The molecule has 3 rings (SSSR count). The van der Waals surface area contributed by atoms with Gasteiger partial charge in [0.1, 0.15) is 11.4 Å². The second-order valence-electron chi connectivity index (χ2n) is 8.63. The van der Waals surface area contributed by atoms with Crippen LogP contribution < -0.4 is 14.9 Å². The van der Waals surface area contributed by atoms with Gasteiger partial charge in [0.15, 0.2) is 0 Å². The van der Waals surface area contributed by atoms with E-state index in [9.17, 15) is 17.6 Å². The normalized spacial score (nSPS) is 16.8. The van der Waals surface area contributed by atoms with Crippen molar-refractivity contribution in [2.75, 3.05) is 22.7 Å². The fraction of sp³-hybridized carbons (Fsp3) is 0.409. The molecule has 1 heterocycles. The number of amides is 1. The number of anilines is 2. The van der Waals surface area contributed by atoms with Crippen molar-refractivity contribution in [3.63, 3.8) is 0 Å². The quantitative estimate of drug-likeness (QED) is 0.719. The minimum atomic E-state index is -3.88. The second-order valence-corrected chi connectivity index (χ2v) is 10.3. The number of sulfonamides is 1. The number of nitrogens with one attached hydrogen (secondary N) is 2. The Morgan fingerprint density at radius 1 is 1.16 bits per heavy atom. The Labute approximate surface area is 182 Å². The van der Waals surface area contributed by atoms with E-state index < -0.39 is 27.5 Å². The highest BCUT2D eigenvalue weighted by molar-refractivity contribution is 7.92. The summed E-state index contributed by atoms with van der Waals surface area (Å²) in [6.45, 7) is 7.99. The minimum Gasteiger partial charge on any atom is -0.444 e. The van der Waals surface area contributed by atoms with Crippen LogP contribution in [0.2, 0.25) is 0 Å². The lowest BCUT2D eigenvalue weighted by Crippen LogP contribution is -2.40. The molecule has 1 fully saturated rings. The predicted octanol–water partition coefficient (Wildman–Crippen LogP) is 4.04. The van der Waals surface area contributed by atoms with Gasteiger partial charge in [-0.2, -0.15) is 0 Å². The van der Waals surface area contributed by atoms with Crippen molar-refractivity contribution < 1.29 is 22.3 Å². The number of nitrogens with zero attached hydrogens (tertiary/aromatic N) is 1. The van der Waals surface area contributed by atoms with Gasteiger partial charge in [0.25, 0.3) is 10.0 Å². The van der Waals surface area contributed by atoms with Gasteiger partial charge >= 0.3 is 6.09 Å². The Morgan fingerprint density at radius 2 is 1.84 bits per heavy atom. The maximum Gasteiger partial charge on any atom is 0.407 e. The molecule has 2 aromatic carbocycles. The molecular formula is C22H28FN3O4S. The topological polar surface area (TPSA) is 87.7 Å².